The zero-order chi connectivity index (χ0) is 30.8. The Morgan fingerprint density at radius 3 is 2.28 bits per heavy atom. The number of aromatic amines is 1. The molecule has 2 N–H and O–H groups in total. The number of nitrogens with one attached hydrogen (secondary N) is 2. The summed E-state index contributed by atoms with van der Waals surface area (Å²) in [6.07, 6.45) is -1.96. The summed E-state index contributed by atoms with van der Waals surface area (Å²) < 4.78 is 40.8. The number of carbonyl (C=O) groups excluding carboxylic acids is 2. The van der Waals surface area contributed by atoms with Crippen molar-refractivity contribution in [1.82, 2.24) is 30.8 Å². The van der Waals surface area contributed by atoms with Crippen LogP contribution in [0.1, 0.15) is 105 Å². The average Bonchev–Trinajstić information content (AvgIpc) is 3.59. The Kier molecular flexibility index (Phi) is 8.40. The SMILES string of the molecule is CC(C)(C)c1ccc(C2=NC3(CCCCC3)N(C(CCC(F)(F)F)c3ccc(C(=O)NCc4nn[nH]n4)cc3)C2=O)cc1. The first-order valence-corrected chi connectivity index (χ1v) is 14.6. The van der Waals surface area contributed by atoms with E-state index in [9.17, 15) is 22.8 Å². The van der Waals surface area contributed by atoms with Gasteiger partial charge in [-0.05, 0) is 60.8 Å². The highest BCUT2D eigenvalue weighted by Crippen LogP contribution is 2.46. The van der Waals surface area contributed by atoms with Gasteiger partial charge in [0.15, 0.2) is 5.82 Å². The Bertz CT molecular complexity index is 1450. The van der Waals surface area contributed by atoms with Crippen LogP contribution in [0.4, 0.5) is 13.2 Å². The van der Waals surface area contributed by atoms with Gasteiger partial charge in [-0.25, -0.2) is 0 Å². The highest BCUT2D eigenvalue weighted by Gasteiger charge is 2.51. The molecule has 1 aromatic heterocycles. The van der Waals surface area contributed by atoms with Crippen LogP contribution in [0, 0.1) is 0 Å². The lowest BCUT2D eigenvalue weighted by Crippen LogP contribution is -2.50. The number of hydrogen-bond donors (Lipinski definition) is 2. The largest absolute Gasteiger partial charge is 0.389 e. The second-order valence-electron chi connectivity index (χ2n) is 12.3. The Balaban J connectivity index is 1.46. The number of alkyl halides is 3. The Hall–Kier alpha value is -4.09. The van der Waals surface area contributed by atoms with Crippen molar-refractivity contribution >= 4 is 17.5 Å². The quantitative estimate of drug-likeness (QED) is 0.341. The molecular weight excluding hydrogens is 559 g/mol. The predicted octanol–water partition coefficient (Wildman–Crippen LogP) is 5.80. The Labute approximate surface area is 248 Å². The lowest BCUT2D eigenvalue weighted by Gasteiger charge is -2.44. The molecular formula is C31H36F3N7O2. The van der Waals surface area contributed by atoms with Gasteiger partial charge in [-0.2, -0.15) is 18.4 Å². The van der Waals surface area contributed by atoms with E-state index in [2.05, 4.69) is 46.7 Å². The van der Waals surface area contributed by atoms with Crippen LogP contribution in [-0.2, 0) is 16.8 Å². The minimum Gasteiger partial charge on any atom is -0.345 e. The van der Waals surface area contributed by atoms with Gasteiger partial charge in [0.05, 0.1) is 12.6 Å². The summed E-state index contributed by atoms with van der Waals surface area (Å²) in [4.78, 5) is 33.5. The summed E-state index contributed by atoms with van der Waals surface area (Å²) in [5, 5.41) is 16.0. The maximum Gasteiger partial charge on any atom is 0.389 e. The first kappa shape index (κ1) is 30.4. The van der Waals surface area contributed by atoms with Crippen LogP contribution in [0.2, 0.25) is 0 Å². The van der Waals surface area contributed by atoms with E-state index in [0.29, 0.717) is 35.4 Å². The lowest BCUT2D eigenvalue weighted by atomic mass is 9.86. The van der Waals surface area contributed by atoms with E-state index in [1.807, 2.05) is 24.3 Å². The molecule has 228 valence electrons. The maximum absolute atomic E-state index is 14.2. The predicted molar refractivity (Wildman–Crippen MR) is 154 cm³/mol. The summed E-state index contributed by atoms with van der Waals surface area (Å²) in [5.74, 6) is -0.445. The van der Waals surface area contributed by atoms with Crippen molar-refractivity contribution in [2.45, 2.75) is 95.6 Å². The number of aliphatic imine (C=N–C) groups is 1. The number of nitrogens with zero attached hydrogens (tertiary/aromatic N) is 5. The van der Waals surface area contributed by atoms with E-state index in [4.69, 9.17) is 4.99 Å². The van der Waals surface area contributed by atoms with Gasteiger partial charge in [-0.1, -0.05) is 68.8 Å². The number of carbonyl (C=O) groups is 2. The molecule has 2 aliphatic rings. The second-order valence-corrected chi connectivity index (χ2v) is 12.3. The molecule has 1 spiro atoms. The molecule has 0 saturated heterocycles. The standard InChI is InChI=1S/C31H36F3N7O2/c1-29(2,3)23-13-11-21(12-14-23)26-28(43)41(30(36-26)16-5-4-6-17-30)24(15-18-31(32,33)34)20-7-9-22(10-8-20)27(42)35-19-25-37-39-40-38-25/h7-14,24H,4-6,15-19H2,1-3H3,(H,35,42)(H,37,38,39,40). The van der Waals surface area contributed by atoms with Gasteiger partial charge in [-0.15, -0.1) is 10.2 Å². The summed E-state index contributed by atoms with van der Waals surface area (Å²) in [6.45, 7) is 6.38. The van der Waals surface area contributed by atoms with Gasteiger partial charge in [0, 0.05) is 17.5 Å². The molecule has 1 atom stereocenters. The highest BCUT2D eigenvalue weighted by molar-refractivity contribution is 6.46. The third-order valence-electron chi connectivity index (χ3n) is 8.24. The van der Waals surface area contributed by atoms with Gasteiger partial charge in [0.2, 0.25) is 0 Å². The molecule has 1 aliphatic heterocycles. The normalized spacial score (nSPS) is 17.7. The molecule has 1 saturated carbocycles. The van der Waals surface area contributed by atoms with Gasteiger partial charge in [-0.3, -0.25) is 14.6 Å². The third-order valence-corrected chi connectivity index (χ3v) is 8.24. The number of benzene rings is 2. The fraction of sp³-hybridized carbons (Fsp3) is 0.484. The number of H-pyrrole nitrogens is 1. The second kappa shape index (κ2) is 11.9. The minimum absolute atomic E-state index is 0.0624. The maximum atomic E-state index is 14.2. The number of rotatable bonds is 8. The monoisotopic (exact) mass is 595 g/mol. The van der Waals surface area contributed by atoms with Gasteiger partial charge < -0.3 is 10.2 Å². The smallest absolute Gasteiger partial charge is 0.345 e. The number of amides is 2. The number of halogens is 3. The summed E-state index contributed by atoms with van der Waals surface area (Å²) in [6, 6.07) is 13.2. The van der Waals surface area contributed by atoms with Crippen LogP contribution in [0.5, 0.6) is 0 Å². The molecule has 2 aromatic carbocycles. The fourth-order valence-corrected chi connectivity index (χ4v) is 5.95. The van der Waals surface area contributed by atoms with E-state index >= 15 is 0 Å². The molecule has 0 bridgehead atoms. The van der Waals surface area contributed by atoms with Crippen LogP contribution < -0.4 is 5.32 Å². The zero-order valence-electron chi connectivity index (χ0n) is 24.5. The molecule has 43 heavy (non-hydrogen) atoms. The van der Waals surface area contributed by atoms with Crippen molar-refractivity contribution in [3.63, 3.8) is 0 Å². The molecule has 1 aliphatic carbocycles. The van der Waals surface area contributed by atoms with Crippen LogP contribution >= 0.6 is 0 Å². The number of aromatic nitrogens is 4. The first-order chi connectivity index (χ1) is 20.4. The summed E-state index contributed by atoms with van der Waals surface area (Å²) in [5.41, 5.74) is 1.91. The van der Waals surface area contributed by atoms with Gasteiger partial charge in [0.1, 0.15) is 11.4 Å². The molecule has 2 heterocycles. The molecule has 1 fully saturated rings. The lowest BCUT2D eigenvalue weighted by molar-refractivity contribution is -0.146. The number of hydrogen-bond acceptors (Lipinski definition) is 6. The van der Waals surface area contributed by atoms with Crippen LogP contribution in [0.25, 0.3) is 0 Å². The van der Waals surface area contributed by atoms with Gasteiger partial charge >= 0.3 is 6.18 Å². The van der Waals surface area contributed by atoms with E-state index in [1.54, 1.807) is 29.2 Å². The van der Waals surface area contributed by atoms with Crippen molar-refractivity contribution < 1.29 is 22.8 Å². The molecule has 9 nitrogen and oxygen atoms in total. The highest BCUT2D eigenvalue weighted by atomic mass is 19.4. The minimum atomic E-state index is -4.40. The van der Waals surface area contributed by atoms with Crippen molar-refractivity contribution in [1.29, 1.82) is 0 Å². The molecule has 1 unspecified atom stereocenters. The Morgan fingerprint density at radius 1 is 1.02 bits per heavy atom. The van der Waals surface area contributed by atoms with Gasteiger partial charge in [0.25, 0.3) is 11.8 Å². The summed E-state index contributed by atoms with van der Waals surface area (Å²) >= 11 is 0. The van der Waals surface area contributed by atoms with E-state index < -0.39 is 30.2 Å². The van der Waals surface area contributed by atoms with Crippen molar-refractivity contribution in [3.8, 4) is 0 Å². The molecule has 12 heteroatoms. The van der Waals surface area contributed by atoms with E-state index in [1.165, 1.54) is 0 Å². The van der Waals surface area contributed by atoms with E-state index in [0.717, 1.165) is 24.8 Å². The zero-order valence-corrected chi connectivity index (χ0v) is 24.5. The average molecular weight is 596 g/mol. The first-order valence-electron chi connectivity index (χ1n) is 14.6. The number of tetrazole rings is 1. The van der Waals surface area contributed by atoms with Crippen LogP contribution in [-0.4, -0.2) is 54.9 Å². The van der Waals surface area contributed by atoms with Crippen LogP contribution in [0.15, 0.2) is 53.5 Å². The van der Waals surface area contributed by atoms with Crippen molar-refractivity contribution in [3.05, 3.63) is 76.6 Å². The third kappa shape index (κ3) is 6.78. The molecule has 5 rings (SSSR count). The van der Waals surface area contributed by atoms with E-state index in [-0.39, 0.29) is 30.0 Å². The topological polar surface area (TPSA) is 116 Å². The molecule has 2 amide bonds. The van der Waals surface area contributed by atoms with Crippen molar-refractivity contribution in [2.24, 2.45) is 4.99 Å². The molecule has 0 radical (unpaired) electrons. The molecule has 3 aromatic rings. The Morgan fingerprint density at radius 2 is 1.70 bits per heavy atom. The van der Waals surface area contributed by atoms with Crippen molar-refractivity contribution in [2.75, 3.05) is 0 Å². The fourth-order valence-electron chi connectivity index (χ4n) is 5.95. The summed E-state index contributed by atoms with van der Waals surface area (Å²) in [7, 11) is 0. The van der Waals surface area contributed by atoms with Crippen LogP contribution in [0.3, 0.4) is 0 Å².